The molecule has 0 bridgehead atoms. The van der Waals surface area contributed by atoms with Gasteiger partial charge in [-0.3, -0.25) is 0 Å². The second kappa shape index (κ2) is 9.55. The van der Waals surface area contributed by atoms with Gasteiger partial charge in [-0.05, 0) is 36.4 Å². The molecule has 0 spiro atoms. The highest BCUT2D eigenvalue weighted by molar-refractivity contribution is 7.99. The lowest BCUT2D eigenvalue weighted by Crippen LogP contribution is -2.12. The molecule has 0 aliphatic heterocycles. The highest BCUT2D eigenvalue weighted by atomic mass is 32.2. The number of ether oxygens (including phenoxy) is 1. The summed E-state index contributed by atoms with van der Waals surface area (Å²) in [5, 5.41) is 11.5. The van der Waals surface area contributed by atoms with Crippen LogP contribution >= 0.6 is 11.8 Å². The summed E-state index contributed by atoms with van der Waals surface area (Å²) in [5.74, 6) is 3.13. The molecule has 0 heterocycles. The summed E-state index contributed by atoms with van der Waals surface area (Å²) in [4.78, 5) is 0. The summed E-state index contributed by atoms with van der Waals surface area (Å²) in [6.07, 6.45) is 3.86. The number of rotatable bonds is 9. The van der Waals surface area contributed by atoms with E-state index < -0.39 is 0 Å². The van der Waals surface area contributed by atoms with Crippen LogP contribution in [0.3, 0.4) is 0 Å². The zero-order chi connectivity index (χ0) is 13.9. The van der Waals surface area contributed by atoms with Crippen LogP contribution in [0, 0.1) is 0 Å². The van der Waals surface area contributed by atoms with Crippen LogP contribution < -0.4 is 10.5 Å². The Labute approximate surface area is 119 Å². The fourth-order valence-corrected chi connectivity index (χ4v) is 2.37. The maximum Gasteiger partial charge on any atom is 0.170 e. The average molecular weight is 282 g/mol. The first kappa shape index (κ1) is 15.7. The van der Waals surface area contributed by atoms with Crippen LogP contribution in [0.5, 0.6) is 5.75 Å². The first-order valence-electron chi connectivity index (χ1n) is 6.56. The first-order chi connectivity index (χ1) is 9.27. The molecule has 0 saturated heterocycles. The zero-order valence-electron chi connectivity index (χ0n) is 11.3. The van der Waals surface area contributed by atoms with Gasteiger partial charge >= 0.3 is 0 Å². The molecule has 1 rings (SSSR count). The maximum absolute atomic E-state index is 8.55. The summed E-state index contributed by atoms with van der Waals surface area (Å²) in [6, 6.07) is 7.21. The Bertz CT molecular complexity index is 380. The smallest absolute Gasteiger partial charge is 0.170 e. The normalized spacial score (nSPS) is 11.5. The lowest BCUT2D eigenvalue weighted by atomic mass is 10.2. The Morgan fingerprint density at radius 2 is 2.00 bits per heavy atom. The van der Waals surface area contributed by atoms with E-state index in [2.05, 4.69) is 12.1 Å². The van der Waals surface area contributed by atoms with Gasteiger partial charge in [-0.2, -0.15) is 11.8 Å². The molecular weight excluding hydrogens is 260 g/mol. The minimum absolute atomic E-state index is 0.109. The van der Waals surface area contributed by atoms with E-state index in [1.807, 2.05) is 23.9 Å². The highest BCUT2D eigenvalue weighted by Gasteiger charge is 1.99. The second-order valence-electron chi connectivity index (χ2n) is 4.18. The second-order valence-corrected chi connectivity index (χ2v) is 5.40. The van der Waals surface area contributed by atoms with Crippen LogP contribution in [-0.2, 0) is 0 Å². The molecule has 19 heavy (non-hydrogen) atoms. The molecule has 0 aromatic heterocycles. The third kappa shape index (κ3) is 6.38. The molecule has 0 unspecified atom stereocenters. The molecule has 0 atom stereocenters. The van der Waals surface area contributed by atoms with Crippen LogP contribution in [0.2, 0.25) is 0 Å². The van der Waals surface area contributed by atoms with Gasteiger partial charge in [0.25, 0.3) is 0 Å². The van der Waals surface area contributed by atoms with Crippen molar-refractivity contribution < 1.29 is 9.94 Å². The van der Waals surface area contributed by atoms with Crippen molar-refractivity contribution in [2.45, 2.75) is 26.2 Å². The van der Waals surface area contributed by atoms with E-state index in [1.165, 1.54) is 25.0 Å². The first-order valence-corrected chi connectivity index (χ1v) is 7.72. The number of oxime groups is 1. The van der Waals surface area contributed by atoms with E-state index in [0.29, 0.717) is 12.2 Å². The number of nitrogens with zero attached hydrogens (tertiary/aromatic N) is 1. The fourth-order valence-electron chi connectivity index (χ4n) is 1.55. The van der Waals surface area contributed by atoms with E-state index in [-0.39, 0.29) is 5.84 Å². The van der Waals surface area contributed by atoms with E-state index in [9.17, 15) is 0 Å². The largest absolute Gasteiger partial charge is 0.493 e. The molecule has 0 radical (unpaired) electrons. The van der Waals surface area contributed by atoms with Crippen molar-refractivity contribution in [1.29, 1.82) is 0 Å². The van der Waals surface area contributed by atoms with Gasteiger partial charge in [-0.25, -0.2) is 0 Å². The summed E-state index contributed by atoms with van der Waals surface area (Å²) >= 11 is 1.93. The van der Waals surface area contributed by atoms with E-state index in [4.69, 9.17) is 15.7 Å². The highest BCUT2D eigenvalue weighted by Crippen LogP contribution is 2.13. The van der Waals surface area contributed by atoms with Gasteiger partial charge in [0.2, 0.25) is 0 Å². The molecule has 106 valence electrons. The molecule has 0 fully saturated rings. The van der Waals surface area contributed by atoms with Crippen molar-refractivity contribution in [3.8, 4) is 5.75 Å². The molecule has 3 N–H and O–H groups in total. The lowest BCUT2D eigenvalue weighted by molar-refractivity contribution is 0.318. The molecular formula is C14H22N2O2S. The van der Waals surface area contributed by atoms with Gasteiger partial charge in [0.05, 0.1) is 6.61 Å². The predicted octanol–water partition coefficient (Wildman–Crippen LogP) is 3.08. The van der Waals surface area contributed by atoms with Crippen molar-refractivity contribution in [3.63, 3.8) is 0 Å². The van der Waals surface area contributed by atoms with Gasteiger partial charge in [0.1, 0.15) is 5.75 Å². The van der Waals surface area contributed by atoms with E-state index >= 15 is 0 Å². The van der Waals surface area contributed by atoms with E-state index in [1.54, 1.807) is 12.1 Å². The topological polar surface area (TPSA) is 67.8 Å². The van der Waals surface area contributed by atoms with Crippen molar-refractivity contribution in [2.75, 3.05) is 18.1 Å². The third-order valence-electron chi connectivity index (χ3n) is 2.65. The molecule has 0 aliphatic carbocycles. The van der Waals surface area contributed by atoms with Gasteiger partial charge in [-0.1, -0.05) is 24.9 Å². The Kier molecular flexibility index (Phi) is 7.89. The van der Waals surface area contributed by atoms with Crippen molar-refractivity contribution >= 4 is 17.6 Å². The van der Waals surface area contributed by atoms with Crippen LogP contribution in [0.15, 0.2) is 29.4 Å². The third-order valence-corrected chi connectivity index (χ3v) is 3.68. The number of hydrogen-bond donors (Lipinski definition) is 2. The lowest BCUT2D eigenvalue weighted by Gasteiger charge is -2.06. The monoisotopic (exact) mass is 282 g/mol. The van der Waals surface area contributed by atoms with Crippen molar-refractivity contribution in [3.05, 3.63) is 29.8 Å². The Balaban J connectivity index is 2.19. The minimum Gasteiger partial charge on any atom is -0.493 e. The fraction of sp³-hybridized carbons (Fsp3) is 0.500. The maximum atomic E-state index is 8.55. The Morgan fingerprint density at radius 3 is 2.63 bits per heavy atom. The standard InChI is InChI=1S/C14H22N2O2S/c1-2-3-4-10-19-11-9-18-13-7-5-12(6-8-13)14(15)16-17/h5-8,17H,2-4,9-11H2,1H3,(H2,15,16). The summed E-state index contributed by atoms with van der Waals surface area (Å²) in [5.41, 5.74) is 6.16. The number of benzene rings is 1. The van der Waals surface area contributed by atoms with E-state index in [0.717, 1.165) is 11.5 Å². The molecule has 5 heteroatoms. The number of amidine groups is 1. The van der Waals surface area contributed by atoms with Gasteiger partial charge in [-0.15, -0.1) is 0 Å². The van der Waals surface area contributed by atoms with Crippen LogP contribution in [0.25, 0.3) is 0 Å². The van der Waals surface area contributed by atoms with Gasteiger partial charge in [0, 0.05) is 11.3 Å². The SMILES string of the molecule is CCCCCSCCOc1ccc(/C(N)=N/O)cc1. The molecule has 0 amide bonds. The summed E-state index contributed by atoms with van der Waals surface area (Å²) in [7, 11) is 0. The van der Waals surface area contributed by atoms with Gasteiger partial charge in [0.15, 0.2) is 5.84 Å². The predicted molar refractivity (Wildman–Crippen MR) is 81.3 cm³/mol. The minimum atomic E-state index is 0.109. The molecule has 4 nitrogen and oxygen atoms in total. The molecule has 0 aliphatic rings. The number of unbranched alkanes of at least 4 members (excludes halogenated alkanes) is 2. The van der Waals surface area contributed by atoms with Crippen molar-refractivity contribution in [1.82, 2.24) is 0 Å². The molecule has 1 aromatic carbocycles. The molecule has 1 aromatic rings. The molecule has 0 saturated carbocycles. The van der Waals surface area contributed by atoms with Crippen LogP contribution in [0.1, 0.15) is 31.7 Å². The Hall–Kier alpha value is -1.36. The summed E-state index contributed by atoms with van der Waals surface area (Å²) < 4.78 is 5.62. The number of nitrogens with two attached hydrogens (primary N) is 1. The zero-order valence-corrected chi connectivity index (χ0v) is 12.2. The number of thioether (sulfide) groups is 1. The number of hydrogen-bond acceptors (Lipinski definition) is 4. The van der Waals surface area contributed by atoms with Crippen molar-refractivity contribution in [2.24, 2.45) is 10.9 Å². The Morgan fingerprint density at radius 1 is 1.26 bits per heavy atom. The quantitative estimate of drug-likeness (QED) is 0.240. The van der Waals surface area contributed by atoms with Crippen LogP contribution in [-0.4, -0.2) is 29.2 Å². The summed E-state index contributed by atoms with van der Waals surface area (Å²) in [6.45, 7) is 2.92. The van der Waals surface area contributed by atoms with Crippen LogP contribution in [0.4, 0.5) is 0 Å². The van der Waals surface area contributed by atoms with Gasteiger partial charge < -0.3 is 15.7 Å². The average Bonchev–Trinajstić information content (AvgIpc) is 2.46.